The van der Waals surface area contributed by atoms with Gasteiger partial charge in [-0.15, -0.1) is 0 Å². The van der Waals surface area contributed by atoms with Crippen LogP contribution < -0.4 is 5.32 Å². The van der Waals surface area contributed by atoms with E-state index in [9.17, 15) is 0 Å². The van der Waals surface area contributed by atoms with Gasteiger partial charge in [0.2, 0.25) is 0 Å². The van der Waals surface area contributed by atoms with Gasteiger partial charge in [0.25, 0.3) is 0 Å². The highest BCUT2D eigenvalue weighted by atomic mass is 15.2. The molecule has 1 aliphatic heterocycles. The van der Waals surface area contributed by atoms with E-state index in [-0.39, 0.29) is 0 Å². The van der Waals surface area contributed by atoms with Crippen LogP contribution in [0.4, 0.5) is 0 Å². The van der Waals surface area contributed by atoms with E-state index < -0.39 is 0 Å². The predicted molar refractivity (Wildman–Crippen MR) is 83.8 cm³/mol. The van der Waals surface area contributed by atoms with E-state index >= 15 is 0 Å². The number of hydrogen-bond acceptors (Lipinski definition) is 4. The van der Waals surface area contributed by atoms with Gasteiger partial charge in [0, 0.05) is 45.8 Å². The quantitative estimate of drug-likeness (QED) is 0.704. The third-order valence-corrected chi connectivity index (χ3v) is 3.65. The average molecular weight is 270 g/mol. The first-order valence-electron chi connectivity index (χ1n) is 7.88. The van der Waals surface area contributed by atoms with Gasteiger partial charge in [-0.2, -0.15) is 0 Å². The molecule has 0 spiro atoms. The summed E-state index contributed by atoms with van der Waals surface area (Å²) >= 11 is 0. The molecule has 1 rings (SSSR count). The van der Waals surface area contributed by atoms with Crippen LogP contribution in [-0.2, 0) is 0 Å². The van der Waals surface area contributed by atoms with Crippen LogP contribution in [0.2, 0.25) is 0 Å². The molecule has 1 saturated heterocycles. The SMILES string of the molecule is CC(C)CN(CCN(C)C)CCN1CCCNCC1. The lowest BCUT2D eigenvalue weighted by molar-refractivity contribution is 0.182. The largest absolute Gasteiger partial charge is 0.315 e. The summed E-state index contributed by atoms with van der Waals surface area (Å²) in [6.07, 6.45) is 1.29. The fraction of sp³-hybridized carbons (Fsp3) is 1.00. The molecule has 0 aromatic rings. The van der Waals surface area contributed by atoms with Crippen molar-refractivity contribution in [3.8, 4) is 0 Å². The molecule has 0 aromatic carbocycles. The van der Waals surface area contributed by atoms with Gasteiger partial charge in [-0.25, -0.2) is 0 Å². The fourth-order valence-electron chi connectivity index (χ4n) is 2.56. The van der Waals surface area contributed by atoms with Gasteiger partial charge in [0.15, 0.2) is 0 Å². The summed E-state index contributed by atoms with van der Waals surface area (Å²) in [5, 5.41) is 3.48. The normalized spacial score (nSPS) is 18.5. The summed E-state index contributed by atoms with van der Waals surface area (Å²) in [7, 11) is 4.32. The second kappa shape index (κ2) is 9.70. The Morgan fingerprint density at radius 2 is 1.84 bits per heavy atom. The molecule has 0 unspecified atom stereocenters. The molecule has 0 aliphatic carbocycles. The van der Waals surface area contributed by atoms with Crippen LogP contribution in [0.25, 0.3) is 0 Å². The summed E-state index contributed by atoms with van der Waals surface area (Å²) in [6.45, 7) is 15.5. The Balaban J connectivity index is 2.29. The Kier molecular flexibility index (Phi) is 8.62. The zero-order valence-electron chi connectivity index (χ0n) is 13.5. The molecule has 1 N–H and O–H groups in total. The second-order valence-corrected chi connectivity index (χ2v) is 6.44. The highest BCUT2D eigenvalue weighted by Crippen LogP contribution is 2.01. The second-order valence-electron chi connectivity index (χ2n) is 6.44. The molecule has 0 bridgehead atoms. The molecular formula is C15H34N4. The van der Waals surface area contributed by atoms with Crippen molar-refractivity contribution in [1.29, 1.82) is 0 Å². The van der Waals surface area contributed by atoms with E-state index in [0.717, 1.165) is 19.0 Å². The Hall–Kier alpha value is -0.160. The molecule has 0 atom stereocenters. The van der Waals surface area contributed by atoms with Gasteiger partial charge in [0.1, 0.15) is 0 Å². The Bertz CT molecular complexity index is 210. The lowest BCUT2D eigenvalue weighted by Gasteiger charge is -2.29. The van der Waals surface area contributed by atoms with Crippen LogP contribution in [0, 0.1) is 5.92 Å². The van der Waals surface area contributed by atoms with E-state index in [2.05, 4.69) is 48.0 Å². The Morgan fingerprint density at radius 3 is 2.53 bits per heavy atom. The number of rotatable bonds is 8. The molecule has 4 nitrogen and oxygen atoms in total. The van der Waals surface area contributed by atoms with Gasteiger partial charge in [-0.1, -0.05) is 13.8 Å². The molecule has 19 heavy (non-hydrogen) atoms. The first kappa shape index (κ1) is 16.9. The summed E-state index contributed by atoms with van der Waals surface area (Å²) in [6, 6.07) is 0. The van der Waals surface area contributed by atoms with Gasteiger partial charge in [0.05, 0.1) is 0 Å². The molecule has 1 fully saturated rings. The van der Waals surface area contributed by atoms with Crippen LogP contribution in [0.5, 0.6) is 0 Å². The maximum Gasteiger partial charge on any atom is 0.0110 e. The third kappa shape index (κ3) is 8.58. The first-order chi connectivity index (χ1) is 9.08. The molecule has 0 radical (unpaired) electrons. The van der Waals surface area contributed by atoms with Gasteiger partial charge in [-0.3, -0.25) is 0 Å². The van der Waals surface area contributed by atoms with Crippen molar-refractivity contribution >= 4 is 0 Å². The number of nitrogens with one attached hydrogen (secondary N) is 1. The molecule has 4 heteroatoms. The van der Waals surface area contributed by atoms with Crippen molar-refractivity contribution in [3.63, 3.8) is 0 Å². The van der Waals surface area contributed by atoms with Gasteiger partial charge in [-0.05, 0) is 39.5 Å². The molecule has 0 saturated carbocycles. The van der Waals surface area contributed by atoms with Crippen LogP contribution in [0.3, 0.4) is 0 Å². The van der Waals surface area contributed by atoms with Crippen molar-refractivity contribution in [3.05, 3.63) is 0 Å². The smallest absolute Gasteiger partial charge is 0.0110 e. The topological polar surface area (TPSA) is 21.8 Å². The molecule has 114 valence electrons. The predicted octanol–water partition coefficient (Wildman–Crippen LogP) is 0.801. The zero-order valence-corrected chi connectivity index (χ0v) is 13.5. The zero-order chi connectivity index (χ0) is 14.1. The van der Waals surface area contributed by atoms with Gasteiger partial charge >= 0.3 is 0 Å². The third-order valence-electron chi connectivity index (χ3n) is 3.65. The average Bonchev–Trinajstić information content (AvgIpc) is 2.60. The van der Waals surface area contributed by atoms with Gasteiger partial charge < -0.3 is 20.0 Å². The highest BCUT2D eigenvalue weighted by Gasteiger charge is 2.12. The fourth-order valence-corrected chi connectivity index (χ4v) is 2.56. The Morgan fingerprint density at radius 1 is 1.05 bits per heavy atom. The molecule has 0 amide bonds. The molecule has 0 aromatic heterocycles. The van der Waals surface area contributed by atoms with Crippen LogP contribution >= 0.6 is 0 Å². The van der Waals surface area contributed by atoms with Crippen LogP contribution in [0.1, 0.15) is 20.3 Å². The maximum absolute atomic E-state index is 3.48. The minimum absolute atomic E-state index is 0.757. The van der Waals surface area contributed by atoms with Crippen molar-refractivity contribution in [1.82, 2.24) is 20.0 Å². The van der Waals surface area contributed by atoms with Crippen molar-refractivity contribution in [2.45, 2.75) is 20.3 Å². The van der Waals surface area contributed by atoms with Crippen LogP contribution in [-0.4, -0.2) is 87.7 Å². The Labute approximate surface area is 120 Å². The monoisotopic (exact) mass is 270 g/mol. The summed E-state index contributed by atoms with van der Waals surface area (Å²) < 4.78 is 0. The highest BCUT2D eigenvalue weighted by molar-refractivity contribution is 4.69. The lowest BCUT2D eigenvalue weighted by atomic mass is 10.2. The lowest BCUT2D eigenvalue weighted by Crippen LogP contribution is -2.41. The van der Waals surface area contributed by atoms with Crippen molar-refractivity contribution in [2.75, 3.05) is 73.0 Å². The summed E-state index contributed by atoms with van der Waals surface area (Å²) in [5.41, 5.74) is 0. The van der Waals surface area contributed by atoms with E-state index in [4.69, 9.17) is 0 Å². The van der Waals surface area contributed by atoms with E-state index in [0.29, 0.717) is 0 Å². The van der Waals surface area contributed by atoms with E-state index in [1.165, 1.54) is 52.2 Å². The van der Waals surface area contributed by atoms with E-state index in [1.54, 1.807) is 0 Å². The number of likely N-dealkylation sites (N-methyl/N-ethyl adjacent to an activating group) is 1. The minimum atomic E-state index is 0.757. The molecular weight excluding hydrogens is 236 g/mol. The van der Waals surface area contributed by atoms with Crippen molar-refractivity contribution < 1.29 is 0 Å². The summed E-state index contributed by atoms with van der Waals surface area (Å²) in [5.74, 6) is 0.757. The minimum Gasteiger partial charge on any atom is -0.315 e. The molecule has 1 heterocycles. The standard InChI is InChI=1S/C15H34N4/c1-15(2)14-19(11-10-17(3)4)13-12-18-8-5-6-16-7-9-18/h15-16H,5-14H2,1-4H3. The summed E-state index contributed by atoms with van der Waals surface area (Å²) in [4.78, 5) is 7.52. The number of hydrogen-bond donors (Lipinski definition) is 1. The first-order valence-corrected chi connectivity index (χ1v) is 7.88. The number of nitrogens with zero attached hydrogens (tertiary/aromatic N) is 3. The molecule has 1 aliphatic rings. The maximum atomic E-state index is 3.48. The van der Waals surface area contributed by atoms with E-state index in [1.807, 2.05) is 0 Å². The van der Waals surface area contributed by atoms with Crippen molar-refractivity contribution in [2.24, 2.45) is 5.92 Å². The van der Waals surface area contributed by atoms with Crippen LogP contribution in [0.15, 0.2) is 0 Å².